The number of esters is 4. The van der Waals surface area contributed by atoms with Crippen LogP contribution in [0.15, 0.2) is 66.8 Å². The Hall–Kier alpha value is -4.24. The maximum Gasteiger partial charge on any atom is 0.338 e. The molecule has 2 rings (SSSR count). The molecule has 202 valence electrons. The van der Waals surface area contributed by atoms with E-state index in [0.717, 1.165) is 0 Å². The first-order valence-corrected chi connectivity index (χ1v) is 11.9. The Balaban J connectivity index is 2.20. The summed E-state index contributed by atoms with van der Waals surface area (Å²) < 4.78 is 25.8. The van der Waals surface area contributed by atoms with E-state index in [0.29, 0.717) is 36.3 Å². The average Bonchev–Trinajstić information content (AvgIpc) is 2.90. The van der Waals surface area contributed by atoms with Crippen LogP contribution in [0.25, 0.3) is 11.1 Å². The fraction of sp³-hybridized carbons (Fsp3) is 0.310. The van der Waals surface area contributed by atoms with E-state index in [1.54, 1.807) is 50.4 Å². The monoisotopic (exact) mass is 524 g/mol. The minimum absolute atomic E-state index is 0.00607. The van der Waals surface area contributed by atoms with Gasteiger partial charge in [-0.1, -0.05) is 25.3 Å². The lowest BCUT2D eigenvalue weighted by atomic mass is 9.99. The van der Waals surface area contributed by atoms with Gasteiger partial charge in [0.15, 0.2) is 0 Å². The zero-order valence-corrected chi connectivity index (χ0v) is 21.9. The fourth-order valence-electron chi connectivity index (χ4n) is 2.99. The average molecular weight is 525 g/mol. The number of hydrogen-bond donors (Lipinski definition) is 0. The minimum atomic E-state index is -0.654. The van der Waals surface area contributed by atoms with E-state index in [1.165, 1.54) is 13.0 Å². The van der Waals surface area contributed by atoms with E-state index in [1.807, 2.05) is 0 Å². The van der Waals surface area contributed by atoms with Crippen molar-refractivity contribution in [3.8, 4) is 16.9 Å². The number of rotatable bonds is 14. The molecule has 38 heavy (non-hydrogen) atoms. The van der Waals surface area contributed by atoms with Gasteiger partial charge >= 0.3 is 23.9 Å². The van der Waals surface area contributed by atoms with Crippen LogP contribution in [0.3, 0.4) is 0 Å². The van der Waals surface area contributed by atoms with Crippen molar-refractivity contribution >= 4 is 23.9 Å². The molecule has 0 aromatic heterocycles. The van der Waals surface area contributed by atoms with Crippen molar-refractivity contribution in [1.29, 1.82) is 0 Å². The van der Waals surface area contributed by atoms with E-state index in [2.05, 4.69) is 13.2 Å². The van der Waals surface area contributed by atoms with Crippen LogP contribution in [0, 0.1) is 0 Å². The summed E-state index contributed by atoms with van der Waals surface area (Å²) in [7, 11) is 1.55. The number of ether oxygens (including phenoxy) is 5. The highest BCUT2D eigenvalue weighted by Crippen LogP contribution is 2.26. The predicted molar refractivity (Wildman–Crippen MR) is 140 cm³/mol. The molecule has 0 spiro atoms. The van der Waals surface area contributed by atoms with Crippen LogP contribution in [0.2, 0.25) is 0 Å². The highest BCUT2D eigenvalue weighted by atomic mass is 16.6. The van der Waals surface area contributed by atoms with Gasteiger partial charge in [0.05, 0.1) is 30.9 Å². The van der Waals surface area contributed by atoms with Gasteiger partial charge in [-0.3, -0.25) is 0 Å². The maximum absolute atomic E-state index is 12.8. The first kappa shape index (κ1) is 30.0. The van der Waals surface area contributed by atoms with Gasteiger partial charge in [-0.05, 0) is 55.3 Å². The van der Waals surface area contributed by atoms with Gasteiger partial charge in [0.1, 0.15) is 5.75 Å². The molecule has 0 heterocycles. The van der Waals surface area contributed by atoms with E-state index < -0.39 is 23.9 Å². The molecule has 0 amide bonds. The molecule has 0 fully saturated rings. The van der Waals surface area contributed by atoms with Gasteiger partial charge in [0.25, 0.3) is 0 Å². The van der Waals surface area contributed by atoms with Crippen LogP contribution in [-0.2, 0) is 28.5 Å². The Kier molecular flexibility index (Phi) is 11.9. The summed E-state index contributed by atoms with van der Waals surface area (Å²) in [5.41, 5.74) is 2.07. The van der Waals surface area contributed by atoms with Crippen molar-refractivity contribution in [2.24, 2.45) is 0 Å². The molecule has 2 aromatic carbocycles. The number of methoxy groups -OCH3 is 1. The molecule has 2 aromatic rings. The third-order valence-corrected chi connectivity index (χ3v) is 4.98. The molecular weight excluding hydrogens is 492 g/mol. The summed E-state index contributed by atoms with van der Waals surface area (Å²) in [5.74, 6) is -2.00. The normalized spacial score (nSPS) is 10.3. The Morgan fingerprint density at radius 1 is 0.658 bits per heavy atom. The molecule has 0 atom stereocenters. The van der Waals surface area contributed by atoms with Crippen molar-refractivity contribution in [3.63, 3.8) is 0 Å². The number of benzene rings is 2. The van der Waals surface area contributed by atoms with Gasteiger partial charge in [-0.25, -0.2) is 19.2 Å². The second kappa shape index (κ2) is 15.1. The van der Waals surface area contributed by atoms with Gasteiger partial charge in [0, 0.05) is 37.7 Å². The molecule has 9 heteroatoms. The number of hydrogen-bond acceptors (Lipinski definition) is 9. The van der Waals surface area contributed by atoms with Gasteiger partial charge in [-0.2, -0.15) is 0 Å². The summed E-state index contributed by atoms with van der Waals surface area (Å²) in [4.78, 5) is 48.7. The van der Waals surface area contributed by atoms with E-state index in [-0.39, 0.29) is 42.1 Å². The summed E-state index contributed by atoms with van der Waals surface area (Å²) in [6.45, 7) is 10.8. The molecule has 0 saturated heterocycles. The first-order chi connectivity index (χ1) is 18.1. The zero-order chi connectivity index (χ0) is 28.1. The lowest BCUT2D eigenvalue weighted by molar-refractivity contribution is -0.139. The standard InChI is InChI=1S/C29H32O9/c1-19(2)26(30)35-14-7-15-37-29(33)24-17-22(16-23(18-24)28(32)36-13-6-12-34-5)21-8-10-25(11-9-21)38-27(31)20(3)4/h8-11,16-18H,1,3,6-7,12-15H2,2,4-5H3. The van der Waals surface area contributed by atoms with E-state index in [4.69, 9.17) is 23.7 Å². The molecule has 0 aliphatic carbocycles. The topological polar surface area (TPSA) is 114 Å². The smallest absolute Gasteiger partial charge is 0.338 e. The first-order valence-electron chi connectivity index (χ1n) is 11.9. The SMILES string of the molecule is C=C(C)C(=O)OCCCOC(=O)c1cc(C(=O)OCCCOC)cc(-c2ccc(OC(=O)C(=C)C)cc2)c1. The third kappa shape index (κ3) is 9.67. The summed E-state index contributed by atoms with van der Waals surface area (Å²) in [5, 5.41) is 0. The lowest BCUT2D eigenvalue weighted by Crippen LogP contribution is -2.13. The van der Waals surface area contributed by atoms with Gasteiger partial charge in [0.2, 0.25) is 0 Å². The van der Waals surface area contributed by atoms with Crippen molar-refractivity contribution < 1.29 is 42.9 Å². The Labute approximate surface area is 222 Å². The highest BCUT2D eigenvalue weighted by Gasteiger charge is 2.17. The molecule has 0 saturated carbocycles. The number of carbonyl (C=O) groups is 4. The Bertz CT molecular complexity index is 1180. The molecule has 9 nitrogen and oxygen atoms in total. The van der Waals surface area contributed by atoms with Crippen LogP contribution >= 0.6 is 0 Å². The van der Waals surface area contributed by atoms with Crippen molar-refractivity contribution in [2.45, 2.75) is 26.7 Å². The Morgan fingerprint density at radius 2 is 1.16 bits per heavy atom. The van der Waals surface area contributed by atoms with Crippen LogP contribution < -0.4 is 4.74 Å². The summed E-state index contributed by atoms with van der Waals surface area (Å²) in [6, 6.07) is 11.1. The second-order valence-electron chi connectivity index (χ2n) is 8.38. The van der Waals surface area contributed by atoms with Crippen LogP contribution in [0.5, 0.6) is 5.75 Å². The van der Waals surface area contributed by atoms with E-state index in [9.17, 15) is 19.2 Å². The Morgan fingerprint density at radius 3 is 1.66 bits per heavy atom. The molecule has 0 bridgehead atoms. The van der Waals surface area contributed by atoms with Crippen molar-refractivity contribution in [1.82, 2.24) is 0 Å². The highest BCUT2D eigenvalue weighted by molar-refractivity contribution is 5.97. The fourth-order valence-corrected chi connectivity index (χ4v) is 2.99. The van der Waals surface area contributed by atoms with Crippen molar-refractivity contribution in [2.75, 3.05) is 33.5 Å². The molecule has 0 aliphatic rings. The number of carbonyl (C=O) groups excluding carboxylic acids is 4. The molecule has 0 radical (unpaired) electrons. The lowest BCUT2D eigenvalue weighted by Gasteiger charge is -2.11. The zero-order valence-electron chi connectivity index (χ0n) is 21.9. The quantitative estimate of drug-likeness (QED) is 0.114. The summed E-state index contributed by atoms with van der Waals surface area (Å²) >= 11 is 0. The van der Waals surface area contributed by atoms with Gasteiger partial charge in [-0.15, -0.1) is 0 Å². The largest absolute Gasteiger partial charge is 0.462 e. The molecule has 0 unspecified atom stereocenters. The predicted octanol–water partition coefficient (Wildman–Crippen LogP) is 4.69. The van der Waals surface area contributed by atoms with Crippen LogP contribution in [0.4, 0.5) is 0 Å². The van der Waals surface area contributed by atoms with Crippen molar-refractivity contribution in [3.05, 3.63) is 77.9 Å². The minimum Gasteiger partial charge on any atom is -0.462 e. The molecular formula is C29H32O9. The molecule has 0 aliphatic heterocycles. The molecule has 0 N–H and O–H groups in total. The second-order valence-corrected chi connectivity index (χ2v) is 8.38. The van der Waals surface area contributed by atoms with E-state index >= 15 is 0 Å². The maximum atomic E-state index is 12.8. The van der Waals surface area contributed by atoms with Crippen LogP contribution in [0.1, 0.15) is 47.4 Å². The van der Waals surface area contributed by atoms with Gasteiger partial charge < -0.3 is 23.7 Å². The third-order valence-electron chi connectivity index (χ3n) is 4.98. The van der Waals surface area contributed by atoms with Crippen LogP contribution in [-0.4, -0.2) is 57.4 Å². The summed E-state index contributed by atoms with van der Waals surface area (Å²) in [6.07, 6.45) is 0.820.